The van der Waals surface area contributed by atoms with Crippen LogP contribution < -0.4 is 34.1 Å². The predicted molar refractivity (Wildman–Crippen MR) is 336 cm³/mol. The Labute approximate surface area is 511 Å². The number of benzene rings is 5. The summed E-state index contributed by atoms with van der Waals surface area (Å²) in [5.74, 6) is 6.16. The molecule has 0 unspecified atom stereocenters. The van der Waals surface area contributed by atoms with Gasteiger partial charge in [-0.15, -0.1) is 0 Å². The molecule has 2 N–H and O–H groups in total. The minimum atomic E-state index is 0.242. The van der Waals surface area contributed by atoms with Crippen molar-refractivity contribution in [2.24, 2.45) is 17.8 Å². The van der Waals surface area contributed by atoms with Gasteiger partial charge in [0.15, 0.2) is 0 Å². The fourth-order valence-electron chi connectivity index (χ4n) is 12.4. The molecule has 0 aliphatic carbocycles. The van der Waals surface area contributed by atoms with Gasteiger partial charge in [-0.1, -0.05) is 93.9 Å². The van der Waals surface area contributed by atoms with E-state index in [1.165, 1.54) is 70.4 Å². The number of phenols is 1. The van der Waals surface area contributed by atoms with Crippen molar-refractivity contribution >= 4 is 81.0 Å². The Morgan fingerprint density at radius 3 is 1.12 bits per heavy atom. The maximum absolute atomic E-state index is 10.1. The molecule has 6 fully saturated rings. The standard InChI is InChI=1S/C24H30Cl2N2O2.C23H28Cl2N2O2.C17H24Cl2N2O/c1-29-24-5-3-2-4-23(24)28-14-8-18(9-15-28)17-27-12-10-19(11-13-27)30-20-6-7-21(25)22(26)16-20;24-20-6-5-19(15-21(20)25)29-18-9-11-26(12-10-18)16-17-7-13-27(14-8-17)22-3-1-2-4-23(22)28;18-16-2-1-15(11-17(16)19)22-14-5-9-21(10-6-14)12-13-3-7-20-8-4-13/h2-7,16,18-19H,8-15,17H2,1H3;1-6,15,17-18,28H,7-14,16H2;1-2,11,13-14,20H,3-10,12H2. The van der Waals surface area contributed by atoms with Gasteiger partial charge in [0.25, 0.3) is 0 Å². The first-order valence-corrected chi connectivity index (χ1v) is 31.8. The minimum Gasteiger partial charge on any atom is -0.506 e. The van der Waals surface area contributed by atoms with Gasteiger partial charge in [0, 0.05) is 103 Å². The molecule has 81 heavy (non-hydrogen) atoms. The molecule has 440 valence electrons. The third-order valence-electron chi connectivity index (χ3n) is 17.1. The van der Waals surface area contributed by atoms with Crippen molar-refractivity contribution in [3.05, 3.63) is 133 Å². The summed E-state index contributed by atoms with van der Waals surface area (Å²) < 4.78 is 23.8. The number of methoxy groups -OCH3 is 1. The van der Waals surface area contributed by atoms with E-state index in [1.54, 1.807) is 37.4 Å². The van der Waals surface area contributed by atoms with E-state index in [-0.39, 0.29) is 12.2 Å². The maximum atomic E-state index is 10.1. The third kappa shape index (κ3) is 18.9. The summed E-state index contributed by atoms with van der Waals surface area (Å²) >= 11 is 36.1. The van der Waals surface area contributed by atoms with Gasteiger partial charge in [0.05, 0.1) is 48.6 Å². The van der Waals surface area contributed by atoms with Crippen molar-refractivity contribution in [2.45, 2.75) is 95.4 Å². The number of ether oxygens (including phenoxy) is 4. The zero-order valence-corrected chi connectivity index (χ0v) is 51.5. The summed E-state index contributed by atoms with van der Waals surface area (Å²) in [5, 5.41) is 16.9. The quantitative estimate of drug-likeness (QED) is 0.105. The van der Waals surface area contributed by atoms with Crippen molar-refractivity contribution in [1.82, 2.24) is 20.0 Å². The van der Waals surface area contributed by atoms with E-state index in [0.29, 0.717) is 42.0 Å². The van der Waals surface area contributed by atoms with Gasteiger partial charge < -0.3 is 53.9 Å². The van der Waals surface area contributed by atoms with Crippen LogP contribution in [0.4, 0.5) is 11.4 Å². The zero-order chi connectivity index (χ0) is 56.5. The van der Waals surface area contributed by atoms with Gasteiger partial charge in [-0.2, -0.15) is 0 Å². The summed E-state index contributed by atoms with van der Waals surface area (Å²) in [6, 6.07) is 32.5. The van der Waals surface area contributed by atoms with Crippen molar-refractivity contribution in [2.75, 3.05) is 115 Å². The second kappa shape index (κ2) is 31.4. The van der Waals surface area contributed by atoms with Crippen LogP contribution in [0.2, 0.25) is 30.1 Å². The molecule has 6 heterocycles. The summed E-state index contributed by atoms with van der Waals surface area (Å²) in [6.07, 6.45) is 14.6. The van der Waals surface area contributed by atoms with Crippen LogP contribution in [0.3, 0.4) is 0 Å². The number of nitrogens with zero attached hydrogens (tertiary/aromatic N) is 5. The largest absolute Gasteiger partial charge is 0.506 e. The van der Waals surface area contributed by atoms with Gasteiger partial charge in [0.2, 0.25) is 0 Å². The van der Waals surface area contributed by atoms with E-state index >= 15 is 0 Å². The Morgan fingerprint density at radius 1 is 0.407 bits per heavy atom. The van der Waals surface area contributed by atoms with E-state index in [1.807, 2.05) is 60.7 Å². The molecule has 0 amide bonds. The van der Waals surface area contributed by atoms with Gasteiger partial charge >= 0.3 is 0 Å². The van der Waals surface area contributed by atoms with Crippen LogP contribution in [-0.4, -0.2) is 143 Å². The number of phenolic OH excluding ortho intramolecular Hbond substituents is 1. The highest BCUT2D eigenvalue weighted by Crippen LogP contribution is 2.35. The Morgan fingerprint density at radius 2 is 0.753 bits per heavy atom. The van der Waals surface area contributed by atoms with Gasteiger partial charge in [-0.3, -0.25) is 0 Å². The number of aromatic hydroxyl groups is 1. The fraction of sp³-hybridized carbons (Fsp3) is 0.531. The number of para-hydroxylation sites is 4. The second-order valence-corrected chi connectivity index (χ2v) is 25.2. The lowest BCUT2D eigenvalue weighted by atomic mass is 9.94. The summed E-state index contributed by atoms with van der Waals surface area (Å²) in [5.41, 5.74) is 2.19. The summed E-state index contributed by atoms with van der Waals surface area (Å²) in [6.45, 7) is 16.8. The highest BCUT2D eigenvalue weighted by Gasteiger charge is 2.29. The van der Waals surface area contributed by atoms with Crippen molar-refractivity contribution in [3.63, 3.8) is 0 Å². The van der Waals surface area contributed by atoms with Crippen LogP contribution >= 0.6 is 69.6 Å². The molecule has 0 bridgehead atoms. The van der Waals surface area contributed by atoms with Crippen LogP contribution in [0.25, 0.3) is 0 Å². The average molecular weight is 1230 g/mol. The highest BCUT2D eigenvalue weighted by molar-refractivity contribution is 6.43. The predicted octanol–water partition coefficient (Wildman–Crippen LogP) is 15.1. The smallest absolute Gasteiger partial charge is 0.142 e. The normalized spacial score (nSPS) is 20.0. The Kier molecular flexibility index (Phi) is 24.0. The highest BCUT2D eigenvalue weighted by atomic mass is 35.5. The van der Waals surface area contributed by atoms with Crippen LogP contribution in [0, 0.1) is 17.8 Å². The van der Waals surface area contributed by atoms with Crippen molar-refractivity contribution in [3.8, 4) is 28.7 Å². The molecule has 6 aliphatic rings. The average Bonchev–Trinajstić information content (AvgIpc) is 3.52. The minimum absolute atomic E-state index is 0.242. The van der Waals surface area contributed by atoms with Crippen LogP contribution in [0.5, 0.6) is 28.7 Å². The number of piperidine rings is 6. The number of halogens is 6. The molecule has 6 saturated heterocycles. The van der Waals surface area contributed by atoms with E-state index in [4.69, 9.17) is 88.6 Å². The van der Waals surface area contributed by atoms with Crippen LogP contribution in [-0.2, 0) is 0 Å². The summed E-state index contributed by atoms with van der Waals surface area (Å²) in [7, 11) is 1.75. The Balaban J connectivity index is 0.000000149. The molecule has 0 radical (unpaired) electrons. The first-order valence-electron chi connectivity index (χ1n) is 29.5. The van der Waals surface area contributed by atoms with E-state index in [9.17, 15) is 5.11 Å². The number of rotatable bonds is 15. The fourth-order valence-corrected chi connectivity index (χ4v) is 13.2. The number of hydrogen-bond acceptors (Lipinski definition) is 11. The van der Waals surface area contributed by atoms with Gasteiger partial charge in [-0.25, -0.2) is 0 Å². The van der Waals surface area contributed by atoms with E-state index < -0.39 is 0 Å². The molecule has 0 saturated carbocycles. The number of nitrogens with one attached hydrogen (secondary N) is 1. The summed E-state index contributed by atoms with van der Waals surface area (Å²) in [4.78, 5) is 12.6. The SMILES string of the molecule is COc1ccccc1N1CCC(CN2CCC(Oc3ccc(Cl)c(Cl)c3)CC2)CC1.Clc1ccc(OC2CCN(CC3CCNCC3)CC2)cc1Cl.Oc1ccccc1N1CCC(CN2CCC(Oc3ccc(Cl)c(Cl)c3)CC2)CC1. The Hall–Kier alpha value is -3.72. The molecular formula is C64H82Cl6N6O5. The van der Waals surface area contributed by atoms with Crippen LogP contribution in [0.1, 0.15) is 77.0 Å². The van der Waals surface area contributed by atoms with Gasteiger partial charge in [-0.05, 0) is 169 Å². The maximum Gasteiger partial charge on any atom is 0.142 e. The molecule has 0 atom stereocenters. The number of anilines is 2. The van der Waals surface area contributed by atoms with Gasteiger partial charge in [0.1, 0.15) is 47.1 Å². The third-order valence-corrected chi connectivity index (χ3v) is 19.3. The van der Waals surface area contributed by atoms with Crippen LogP contribution in [0.15, 0.2) is 103 Å². The topological polar surface area (TPSA) is 85.4 Å². The monoisotopic (exact) mass is 1220 g/mol. The molecule has 6 aliphatic heterocycles. The van der Waals surface area contributed by atoms with Crippen molar-refractivity contribution < 1.29 is 24.1 Å². The number of likely N-dealkylation sites (tertiary alicyclic amines) is 3. The molecule has 0 aromatic heterocycles. The number of hydrogen-bond donors (Lipinski definition) is 2. The van der Waals surface area contributed by atoms with Crippen molar-refractivity contribution in [1.29, 1.82) is 0 Å². The second-order valence-electron chi connectivity index (χ2n) is 22.8. The molecule has 17 heteroatoms. The molecule has 11 nitrogen and oxygen atoms in total. The molecule has 5 aromatic carbocycles. The lowest BCUT2D eigenvalue weighted by molar-refractivity contribution is 0.0873. The molecule has 5 aromatic rings. The first-order chi connectivity index (χ1) is 39.4. The lowest BCUT2D eigenvalue weighted by Crippen LogP contribution is -2.43. The molecule has 11 rings (SSSR count). The van der Waals surface area contributed by atoms with E-state index in [0.717, 1.165) is 157 Å². The Bertz CT molecular complexity index is 2700. The first kappa shape index (κ1) is 61.8. The lowest BCUT2D eigenvalue weighted by Gasteiger charge is -2.38. The van der Waals surface area contributed by atoms with E-state index in [2.05, 4.69) is 41.9 Å². The zero-order valence-electron chi connectivity index (χ0n) is 47.0. The molecule has 0 spiro atoms. The molecular weight excluding hydrogens is 1150 g/mol.